The average Bonchev–Trinajstić information content (AvgIpc) is 2.29. The minimum atomic E-state index is -0.568. The molecule has 0 aromatic heterocycles. The van der Waals surface area contributed by atoms with Crippen LogP contribution < -0.4 is 0 Å². The van der Waals surface area contributed by atoms with Gasteiger partial charge in [-0.1, -0.05) is 11.8 Å². The van der Waals surface area contributed by atoms with Gasteiger partial charge in [-0.25, -0.2) is 0 Å². The Labute approximate surface area is 92.1 Å². The molecule has 0 fully saturated rings. The van der Waals surface area contributed by atoms with Crippen LogP contribution in [0.2, 0.25) is 0 Å². The van der Waals surface area contributed by atoms with E-state index in [9.17, 15) is 10.1 Å². The smallest absolute Gasteiger partial charge is 0.276 e. The van der Waals surface area contributed by atoms with Gasteiger partial charge in [-0.2, -0.15) is 5.26 Å². The number of hydrogen-bond donors (Lipinski definition) is 1. The van der Waals surface area contributed by atoms with E-state index in [4.69, 9.17) is 10.4 Å². The quantitative estimate of drug-likeness (QED) is 0.459. The largest absolute Gasteiger partial charge is 0.391 e. The number of aliphatic hydroxyl groups is 1. The molecular weight excluding hydrogens is 208 g/mol. The Hall–Kier alpha value is -2.37. The standard InChI is InChI=1S/C11H8N2O3/c12-6-2-1-3-9-4-5-10(8-14)11(7-9)13(15)16/h4-5,7,14H,2,8H2. The van der Waals surface area contributed by atoms with E-state index < -0.39 is 4.92 Å². The van der Waals surface area contributed by atoms with Gasteiger partial charge in [0, 0.05) is 11.6 Å². The van der Waals surface area contributed by atoms with Gasteiger partial charge in [-0.3, -0.25) is 10.1 Å². The van der Waals surface area contributed by atoms with E-state index in [0.29, 0.717) is 5.56 Å². The second-order valence-corrected chi connectivity index (χ2v) is 2.90. The van der Waals surface area contributed by atoms with Gasteiger partial charge in [0.05, 0.1) is 29.6 Å². The maximum atomic E-state index is 10.7. The average molecular weight is 216 g/mol. The maximum absolute atomic E-state index is 10.7. The summed E-state index contributed by atoms with van der Waals surface area (Å²) in [6.07, 6.45) is 0.0789. The molecule has 80 valence electrons. The molecule has 1 aromatic rings. The topological polar surface area (TPSA) is 87.2 Å². The Morgan fingerprint density at radius 3 is 2.81 bits per heavy atom. The number of nitro groups is 1. The van der Waals surface area contributed by atoms with Gasteiger partial charge in [0.15, 0.2) is 0 Å². The molecule has 0 unspecified atom stereocenters. The van der Waals surface area contributed by atoms with Gasteiger partial charge in [0.2, 0.25) is 0 Å². The zero-order valence-corrected chi connectivity index (χ0v) is 8.30. The molecule has 0 saturated carbocycles. The first-order valence-corrected chi connectivity index (χ1v) is 4.43. The highest BCUT2D eigenvalue weighted by Crippen LogP contribution is 2.19. The molecular formula is C11H8N2O3. The Bertz CT molecular complexity index is 506. The van der Waals surface area contributed by atoms with Gasteiger partial charge >= 0.3 is 0 Å². The lowest BCUT2D eigenvalue weighted by molar-refractivity contribution is -0.385. The molecule has 0 bridgehead atoms. The summed E-state index contributed by atoms with van der Waals surface area (Å²) in [6, 6.07) is 6.16. The van der Waals surface area contributed by atoms with E-state index >= 15 is 0 Å². The molecule has 5 nitrogen and oxygen atoms in total. The van der Waals surface area contributed by atoms with Crippen molar-refractivity contribution in [3.63, 3.8) is 0 Å². The van der Waals surface area contributed by atoms with Crippen LogP contribution in [-0.2, 0) is 6.61 Å². The molecule has 0 aliphatic carbocycles. The molecule has 0 aliphatic heterocycles. The van der Waals surface area contributed by atoms with Crippen LogP contribution in [0.3, 0.4) is 0 Å². The molecule has 0 aliphatic rings. The molecule has 16 heavy (non-hydrogen) atoms. The fraction of sp³-hybridized carbons (Fsp3) is 0.182. The first kappa shape index (κ1) is 11.7. The van der Waals surface area contributed by atoms with E-state index in [0.717, 1.165) is 0 Å². The van der Waals surface area contributed by atoms with Crippen molar-refractivity contribution in [2.45, 2.75) is 13.0 Å². The zero-order valence-electron chi connectivity index (χ0n) is 8.30. The highest BCUT2D eigenvalue weighted by Gasteiger charge is 2.12. The van der Waals surface area contributed by atoms with Crippen LogP contribution in [0.15, 0.2) is 18.2 Å². The Morgan fingerprint density at radius 2 is 2.25 bits per heavy atom. The summed E-state index contributed by atoms with van der Waals surface area (Å²) >= 11 is 0. The van der Waals surface area contributed by atoms with Crippen LogP contribution in [0.5, 0.6) is 0 Å². The van der Waals surface area contributed by atoms with Crippen LogP contribution in [0.4, 0.5) is 5.69 Å². The fourth-order valence-electron chi connectivity index (χ4n) is 1.13. The van der Waals surface area contributed by atoms with Crippen molar-refractivity contribution < 1.29 is 10.0 Å². The highest BCUT2D eigenvalue weighted by molar-refractivity contribution is 5.48. The van der Waals surface area contributed by atoms with Crippen LogP contribution in [0, 0.1) is 33.3 Å². The Kier molecular flexibility index (Phi) is 4.02. The van der Waals surface area contributed by atoms with Crippen molar-refractivity contribution in [2.24, 2.45) is 0 Å². The fourth-order valence-corrected chi connectivity index (χ4v) is 1.13. The second-order valence-electron chi connectivity index (χ2n) is 2.90. The third-order valence-electron chi connectivity index (χ3n) is 1.85. The number of hydrogen-bond acceptors (Lipinski definition) is 4. The minimum Gasteiger partial charge on any atom is -0.391 e. The lowest BCUT2D eigenvalue weighted by Gasteiger charge is -1.99. The lowest BCUT2D eigenvalue weighted by atomic mass is 10.1. The molecule has 1 aromatic carbocycles. The van der Waals surface area contributed by atoms with E-state index in [1.165, 1.54) is 12.1 Å². The van der Waals surface area contributed by atoms with Gasteiger partial charge in [-0.05, 0) is 12.1 Å². The van der Waals surface area contributed by atoms with E-state index in [2.05, 4.69) is 11.8 Å². The summed E-state index contributed by atoms with van der Waals surface area (Å²) in [4.78, 5) is 10.1. The first-order valence-electron chi connectivity index (χ1n) is 4.43. The molecule has 1 rings (SSSR count). The van der Waals surface area contributed by atoms with Gasteiger partial charge in [-0.15, -0.1) is 0 Å². The molecule has 0 heterocycles. The molecule has 0 atom stereocenters. The molecule has 0 spiro atoms. The molecule has 1 N–H and O–H groups in total. The van der Waals surface area contributed by atoms with Crippen LogP contribution in [-0.4, -0.2) is 10.0 Å². The first-order chi connectivity index (χ1) is 7.69. The van der Waals surface area contributed by atoms with Crippen molar-refractivity contribution in [1.29, 1.82) is 5.26 Å². The molecule has 0 saturated heterocycles. The number of nitro benzene ring substituents is 1. The second kappa shape index (κ2) is 5.50. The lowest BCUT2D eigenvalue weighted by Crippen LogP contribution is -1.95. The van der Waals surface area contributed by atoms with Crippen LogP contribution in [0.1, 0.15) is 17.5 Å². The minimum absolute atomic E-state index is 0.0789. The SMILES string of the molecule is N#CCC#Cc1ccc(CO)c([N+](=O)[O-])c1. The van der Waals surface area contributed by atoms with Crippen molar-refractivity contribution >= 4 is 5.69 Å². The van der Waals surface area contributed by atoms with Gasteiger partial charge in [0.1, 0.15) is 0 Å². The molecule has 5 heteroatoms. The highest BCUT2D eigenvalue weighted by atomic mass is 16.6. The number of rotatable bonds is 2. The number of benzene rings is 1. The predicted octanol–water partition coefficient (Wildman–Crippen LogP) is 1.35. The summed E-state index contributed by atoms with van der Waals surface area (Å²) in [5.41, 5.74) is 0.543. The normalized spacial score (nSPS) is 8.75. The Morgan fingerprint density at radius 1 is 1.50 bits per heavy atom. The van der Waals surface area contributed by atoms with Crippen molar-refractivity contribution in [2.75, 3.05) is 0 Å². The number of nitrogens with zero attached hydrogens (tertiary/aromatic N) is 2. The summed E-state index contributed by atoms with van der Waals surface area (Å²) in [6.45, 7) is -0.387. The van der Waals surface area contributed by atoms with Crippen molar-refractivity contribution in [3.05, 3.63) is 39.4 Å². The van der Waals surface area contributed by atoms with Crippen LogP contribution in [0.25, 0.3) is 0 Å². The number of nitriles is 1. The zero-order chi connectivity index (χ0) is 12.0. The van der Waals surface area contributed by atoms with Crippen molar-refractivity contribution in [3.8, 4) is 17.9 Å². The van der Waals surface area contributed by atoms with E-state index in [-0.39, 0.29) is 24.3 Å². The van der Waals surface area contributed by atoms with Gasteiger partial charge < -0.3 is 5.11 Å². The summed E-state index contributed by atoms with van der Waals surface area (Å²) in [5.74, 6) is 5.19. The maximum Gasteiger partial charge on any atom is 0.276 e. The third-order valence-corrected chi connectivity index (χ3v) is 1.85. The third kappa shape index (κ3) is 2.81. The van der Waals surface area contributed by atoms with Crippen LogP contribution >= 0.6 is 0 Å². The predicted molar refractivity (Wildman–Crippen MR) is 56.1 cm³/mol. The van der Waals surface area contributed by atoms with Gasteiger partial charge in [0.25, 0.3) is 5.69 Å². The van der Waals surface area contributed by atoms with E-state index in [1.807, 2.05) is 6.07 Å². The summed E-state index contributed by atoms with van der Waals surface area (Å²) in [7, 11) is 0. The summed E-state index contributed by atoms with van der Waals surface area (Å²) < 4.78 is 0. The summed E-state index contributed by atoms with van der Waals surface area (Å²) in [5, 5.41) is 27.8. The Balaban J connectivity index is 3.10. The molecule has 0 amide bonds. The monoisotopic (exact) mass is 216 g/mol. The van der Waals surface area contributed by atoms with Crippen molar-refractivity contribution in [1.82, 2.24) is 0 Å². The number of aliphatic hydroxyl groups excluding tert-OH is 1. The van der Waals surface area contributed by atoms with E-state index in [1.54, 1.807) is 6.07 Å². The molecule has 0 radical (unpaired) electrons.